The molecule has 0 saturated heterocycles. The highest BCUT2D eigenvalue weighted by atomic mass is 35.5. The molecule has 0 amide bonds. The van der Waals surface area contributed by atoms with Crippen LogP contribution in [-0.4, -0.2) is 12.0 Å². The Balaban J connectivity index is 2.63. The number of nitrogens with one attached hydrogen (secondary N) is 2. The first kappa shape index (κ1) is 10.5. The molecule has 0 fully saturated rings. The minimum absolute atomic E-state index is 0.798. The first-order valence-electron chi connectivity index (χ1n) is 5.19. The van der Waals surface area contributed by atoms with E-state index < -0.39 is 0 Å². The molecule has 0 aliphatic carbocycles. The largest absolute Gasteiger partial charge is 0.357 e. The summed E-state index contributed by atoms with van der Waals surface area (Å²) in [5, 5.41) is 5.21. The van der Waals surface area contributed by atoms with E-state index in [0.29, 0.717) is 0 Å². The molecule has 0 spiro atoms. The van der Waals surface area contributed by atoms with Crippen molar-refractivity contribution in [1.29, 1.82) is 0 Å². The van der Waals surface area contributed by atoms with E-state index in [9.17, 15) is 0 Å². The van der Waals surface area contributed by atoms with Crippen LogP contribution >= 0.6 is 11.6 Å². The van der Waals surface area contributed by atoms with Gasteiger partial charge in [-0.1, -0.05) is 18.5 Å². The fourth-order valence-corrected chi connectivity index (χ4v) is 2.18. The lowest BCUT2D eigenvalue weighted by molar-refractivity contribution is 0.788. The maximum Gasteiger partial charge on any atom is 0.0460 e. The number of hydrogen-bond acceptors (Lipinski definition) is 1. The molecule has 15 heavy (non-hydrogen) atoms. The third kappa shape index (κ3) is 1.87. The van der Waals surface area contributed by atoms with E-state index in [1.165, 1.54) is 22.2 Å². The van der Waals surface area contributed by atoms with Crippen LogP contribution in [0.1, 0.15) is 18.2 Å². The molecule has 1 heterocycles. The summed E-state index contributed by atoms with van der Waals surface area (Å²) >= 11 is 6.00. The lowest BCUT2D eigenvalue weighted by Gasteiger charge is -2.00. The highest BCUT2D eigenvalue weighted by molar-refractivity contribution is 6.31. The van der Waals surface area contributed by atoms with Gasteiger partial charge >= 0.3 is 0 Å². The summed E-state index contributed by atoms with van der Waals surface area (Å²) < 4.78 is 0. The van der Waals surface area contributed by atoms with Gasteiger partial charge in [0.05, 0.1) is 0 Å². The van der Waals surface area contributed by atoms with Crippen molar-refractivity contribution in [3.05, 3.63) is 34.5 Å². The van der Waals surface area contributed by atoms with Crippen molar-refractivity contribution in [2.45, 2.75) is 19.9 Å². The van der Waals surface area contributed by atoms with Crippen molar-refractivity contribution in [2.75, 3.05) is 7.05 Å². The number of fused-ring (bicyclic) bond motifs is 1. The maximum atomic E-state index is 6.00. The summed E-state index contributed by atoms with van der Waals surface area (Å²) in [6.07, 6.45) is 1.03. The summed E-state index contributed by atoms with van der Waals surface area (Å²) in [4.78, 5) is 3.42. The van der Waals surface area contributed by atoms with Gasteiger partial charge in [0.15, 0.2) is 0 Å². The maximum absolute atomic E-state index is 6.00. The number of H-pyrrole nitrogens is 1. The molecular formula is C12H15ClN2. The summed E-state index contributed by atoms with van der Waals surface area (Å²) in [5.74, 6) is 0. The van der Waals surface area contributed by atoms with Gasteiger partial charge in [-0.05, 0) is 37.2 Å². The number of hydrogen-bond donors (Lipinski definition) is 2. The van der Waals surface area contributed by atoms with Gasteiger partial charge in [-0.2, -0.15) is 0 Å². The predicted octanol–water partition coefficient (Wildman–Crippen LogP) is 3.10. The lowest BCUT2D eigenvalue weighted by Crippen LogP contribution is -2.07. The van der Waals surface area contributed by atoms with Crippen LogP contribution in [-0.2, 0) is 13.0 Å². The van der Waals surface area contributed by atoms with Crippen LogP contribution in [0.5, 0.6) is 0 Å². The molecule has 0 aliphatic heterocycles. The Kier molecular flexibility index (Phi) is 2.98. The fourth-order valence-electron chi connectivity index (χ4n) is 2.01. The van der Waals surface area contributed by atoms with Gasteiger partial charge in [0.1, 0.15) is 0 Å². The minimum atomic E-state index is 0.798. The van der Waals surface area contributed by atoms with Crippen LogP contribution in [0.25, 0.3) is 10.9 Å². The van der Waals surface area contributed by atoms with Gasteiger partial charge < -0.3 is 10.3 Å². The monoisotopic (exact) mass is 222 g/mol. The molecule has 1 aromatic carbocycles. The van der Waals surface area contributed by atoms with Gasteiger partial charge in [0.2, 0.25) is 0 Å². The molecule has 0 aliphatic rings. The summed E-state index contributed by atoms with van der Waals surface area (Å²) in [6.45, 7) is 3.04. The molecule has 0 saturated carbocycles. The molecule has 0 unspecified atom stereocenters. The van der Waals surface area contributed by atoms with E-state index in [1.807, 2.05) is 25.2 Å². The van der Waals surface area contributed by atoms with E-state index >= 15 is 0 Å². The standard InChI is InChI=1S/C12H15ClN2/c1-3-9-10-6-8(13)4-5-11(10)15-12(9)7-14-2/h4-6,14-15H,3,7H2,1-2H3. The van der Waals surface area contributed by atoms with Crippen molar-refractivity contribution in [3.63, 3.8) is 0 Å². The molecular weight excluding hydrogens is 208 g/mol. The van der Waals surface area contributed by atoms with Crippen LogP contribution in [0.3, 0.4) is 0 Å². The second-order valence-corrected chi connectivity index (χ2v) is 4.09. The highest BCUT2D eigenvalue weighted by Crippen LogP contribution is 2.25. The third-order valence-corrected chi connectivity index (χ3v) is 2.90. The average molecular weight is 223 g/mol. The summed E-state index contributed by atoms with van der Waals surface area (Å²) in [5.41, 5.74) is 3.79. The van der Waals surface area contributed by atoms with E-state index in [4.69, 9.17) is 11.6 Å². The number of aryl methyl sites for hydroxylation is 1. The molecule has 3 heteroatoms. The minimum Gasteiger partial charge on any atom is -0.357 e. The Morgan fingerprint density at radius 3 is 2.87 bits per heavy atom. The lowest BCUT2D eigenvalue weighted by atomic mass is 10.1. The van der Waals surface area contributed by atoms with E-state index in [-0.39, 0.29) is 0 Å². The van der Waals surface area contributed by atoms with Gasteiger partial charge in [0.25, 0.3) is 0 Å². The number of halogens is 1. The van der Waals surface area contributed by atoms with Gasteiger partial charge in [-0.25, -0.2) is 0 Å². The summed E-state index contributed by atoms with van der Waals surface area (Å²) in [7, 11) is 1.96. The van der Waals surface area contributed by atoms with Crippen LogP contribution in [0.4, 0.5) is 0 Å². The van der Waals surface area contributed by atoms with Crippen LogP contribution in [0.15, 0.2) is 18.2 Å². The Hall–Kier alpha value is -0.990. The number of benzene rings is 1. The summed E-state index contributed by atoms with van der Waals surface area (Å²) in [6, 6.07) is 5.99. The Morgan fingerprint density at radius 1 is 1.40 bits per heavy atom. The number of rotatable bonds is 3. The molecule has 2 aromatic rings. The van der Waals surface area contributed by atoms with E-state index in [2.05, 4.69) is 17.2 Å². The zero-order valence-corrected chi connectivity index (χ0v) is 9.78. The number of aromatic nitrogens is 1. The van der Waals surface area contributed by atoms with Crippen molar-refractivity contribution >= 4 is 22.5 Å². The Labute approximate surface area is 94.6 Å². The van der Waals surface area contributed by atoms with Crippen LogP contribution in [0.2, 0.25) is 5.02 Å². The van der Waals surface area contributed by atoms with Crippen molar-refractivity contribution in [1.82, 2.24) is 10.3 Å². The first-order valence-corrected chi connectivity index (χ1v) is 5.57. The third-order valence-electron chi connectivity index (χ3n) is 2.66. The van der Waals surface area contributed by atoms with E-state index in [1.54, 1.807) is 0 Å². The molecule has 1 aromatic heterocycles. The van der Waals surface area contributed by atoms with Crippen molar-refractivity contribution < 1.29 is 0 Å². The molecule has 2 nitrogen and oxygen atoms in total. The smallest absolute Gasteiger partial charge is 0.0460 e. The normalized spacial score (nSPS) is 11.1. The quantitative estimate of drug-likeness (QED) is 0.821. The Morgan fingerprint density at radius 2 is 2.20 bits per heavy atom. The molecule has 0 radical (unpaired) electrons. The molecule has 0 bridgehead atoms. The second kappa shape index (κ2) is 4.25. The van der Waals surface area contributed by atoms with Crippen molar-refractivity contribution in [3.8, 4) is 0 Å². The number of aromatic amines is 1. The molecule has 80 valence electrons. The van der Waals surface area contributed by atoms with E-state index in [0.717, 1.165) is 18.0 Å². The fraction of sp³-hybridized carbons (Fsp3) is 0.333. The Bertz CT molecular complexity index is 474. The van der Waals surface area contributed by atoms with Gasteiger partial charge in [-0.15, -0.1) is 0 Å². The first-order chi connectivity index (χ1) is 7.26. The zero-order valence-electron chi connectivity index (χ0n) is 9.02. The van der Waals surface area contributed by atoms with Gasteiger partial charge in [0, 0.05) is 28.2 Å². The average Bonchev–Trinajstić information content (AvgIpc) is 2.55. The van der Waals surface area contributed by atoms with Gasteiger partial charge in [-0.3, -0.25) is 0 Å². The topological polar surface area (TPSA) is 27.8 Å². The second-order valence-electron chi connectivity index (χ2n) is 3.66. The molecule has 0 atom stereocenters. The highest BCUT2D eigenvalue weighted by Gasteiger charge is 2.09. The molecule has 2 N–H and O–H groups in total. The zero-order chi connectivity index (χ0) is 10.8. The van der Waals surface area contributed by atoms with Crippen LogP contribution < -0.4 is 5.32 Å². The van der Waals surface area contributed by atoms with Crippen molar-refractivity contribution in [2.24, 2.45) is 0 Å². The van der Waals surface area contributed by atoms with Crippen LogP contribution in [0, 0.1) is 0 Å². The predicted molar refractivity (Wildman–Crippen MR) is 65.5 cm³/mol. The molecule has 2 rings (SSSR count). The SMILES string of the molecule is CCc1c(CNC)[nH]c2ccc(Cl)cc12.